The molecule has 1 N–H and O–H groups in total. The second-order valence-electron chi connectivity index (χ2n) is 10.0. The Morgan fingerprint density at radius 1 is 1.18 bits per heavy atom. The van der Waals surface area contributed by atoms with Crippen LogP contribution in [0.5, 0.6) is 5.75 Å². The third-order valence-corrected chi connectivity index (χ3v) is 6.00. The summed E-state index contributed by atoms with van der Waals surface area (Å²) < 4.78 is 38.8. The van der Waals surface area contributed by atoms with Crippen LogP contribution in [0.3, 0.4) is 0 Å². The van der Waals surface area contributed by atoms with Gasteiger partial charge in [-0.2, -0.15) is 13.7 Å². The maximum Gasteiger partial charge on any atom is 0.410 e. The van der Waals surface area contributed by atoms with Gasteiger partial charge in [0.05, 0.1) is 18.9 Å². The molecule has 0 aromatic heterocycles. The summed E-state index contributed by atoms with van der Waals surface area (Å²) in [5.74, 6) is -0.251. The molecule has 0 saturated carbocycles. The van der Waals surface area contributed by atoms with E-state index in [1.54, 1.807) is 39.0 Å². The minimum Gasteiger partial charge on any atom is -0.444 e. The molecule has 2 atom stereocenters. The zero-order chi connectivity index (χ0) is 27.9. The monoisotopic (exact) mass is 543 g/mol. The molecule has 0 bridgehead atoms. The molecule has 0 spiro atoms. The van der Waals surface area contributed by atoms with E-state index in [0.717, 1.165) is 22.9 Å². The minimum absolute atomic E-state index is 0.0374. The van der Waals surface area contributed by atoms with Crippen molar-refractivity contribution in [3.8, 4) is 22.9 Å². The molecule has 2 aromatic rings. The molecule has 10 nitrogen and oxygen atoms in total. The van der Waals surface area contributed by atoms with E-state index in [1.807, 2.05) is 30.3 Å². The number of carbonyl (C=O) groups excluding carboxylic acids is 2. The largest absolute Gasteiger partial charge is 0.444 e. The fourth-order valence-electron chi connectivity index (χ4n) is 3.84. The summed E-state index contributed by atoms with van der Waals surface area (Å²) in [5.41, 5.74) is 1.76. The number of hydrogen-bond donors (Lipinski definition) is 1. The number of amides is 2. The summed E-state index contributed by atoms with van der Waals surface area (Å²) >= 11 is 0. The summed E-state index contributed by atoms with van der Waals surface area (Å²) in [5, 5.41) is 12.4. The van der Waals surface area contributed by atoms with Crippen LogP contribution in [0.15, 0.2) is 48.5 Å². The molecule has 1 aliphatic heterocycles. The number of benzene rings is 2. The van der Waals surface area contributed by atoms with Crippen molar-refractivity contribution in [2.75, 3.05) is 26.0 Å². The molecule has 1 heterocycles. The smallest absolute Gasteiger partial charge is 0.410 e. The van der Waals surface area contributed by atoms with E-state index >= 15 is 0 Å². The number of carbonyl (C=O) groups is 2. The van der Waals surface area contributed by atoms with Gasteiger partial charge < -0.3 is 23.9 Å². The van der Waals surface area contributed by atoms with Crippen LogP contribution in [0.25, 0.3) is 11.1 Å². The predicted molar refractivity (Wildman–Crippen MR) is 141 cm³/mol. The Bertz CT molecular complexity index is 1280. The minimum atomic E-state index is -3.63. The quantitative estimate of drug-likeness (QED) is 0.526. The third kappa shape index (κ3) is 9.04. The van der Waals surface area contributed by atoms with Gasteiger partial charge in [-0.25, -0.2) is 4.79 Å². The van der Waals surface area contributed by atoms with Crippen molar-refractivity contribution >= 4 is 22.1 Å². The van der Waals surface area contributed by atoms with Crippen LogP contribution in [-0.4, -0.2) is 69.0 Å². The van der Waals surface area contributed by atoms with Crippen LogP contribution >= 0.6 is 0 Å². The van der Waals surface area contributed by atoms with E-state index in [0.29, 0.717) is 19.6 Å². The highest BCUT2D eigenvalue weighted by Gasteiger charge is 2.31. The highest BCUT2D eigenvalue weighted by atomic mass is 32.2. The molecule has 1 fully saturated rings. The molecule has 204 valence electrons. The lowest BCUT2D eigenvalue weighted by atomic mass is 10.0. The highest BCUT2D eigenvalue weighted by molar-refractivity contribution is 7.86. The van der Waals surface area contributed by atoms with Gasteiger partial charge in [0.1, 0.15) is 17.4 Å². The number of nitrogens with one attached hydrogen (secondary N) is 1. The second-order valence-corrected chi connectivity index (χ2v) is 11.6. The first-order valence-electron chi connectivity index (χ1n) is 12.2. The lowest BCUT2D eigenvalue weighted by Crippen LogP contribution is -2.48. The second kappa shape index (κ2) is 12.3. The van der Waals surface area contributed by atoms with Crippen molar-refractivity contribution in [1.82, 2.24) is 10.2 Å². The van der Waals surface area contributed by atoms with Gasteiger partial charge in [-0.1, -0.05) is 36.4 Å². The average Bonchev–Trinajstić information content (AvgIpc) is 3.09. The molecular weight excluding hydrogens is 510 g/mol. The third-order valence-electron chi connectivity index (χ3n) is 5.50. The standard InChI is InChI=1S/C27H33N3O7S/c1-27(2,3)36-26(32)30-13-6-14-35-24(18-30)25(31)29-22(17-28)15-19-9-11-20(12-10-19)21-7-5-8-23(16-21)37-38(4,33)34/h5,7-12,16,22,24H,6,13-15,18H2,1-4H3,(H,29,31)/t22-,24?/m0/s1. The maximum atomic E-state index is 12.9. The predicted octanol–water partition coefficient (Wildman–Crippen LogP) is 3.27. The van der Waals surface area contributed by atoms with Gasteiger partial charge in [0, 0.05) is 19.6 Å². The summed E-state index contributed by atoms with van der Waals surface area (Å²) in [4.78, 5) is 26.9. The molecule has 3 rings (SSSR count). The molecule has 2 aromatic carbocycles. The van der Waals surface area contributed by atoms with Crippen molar-refractivity contribution in [2.24, 2.45) is 0 Å². The van der Waals surface area contributed by atoms with E-state index in [1.165, 1.54) is 4.90 Å². The molecule has 0 radical (unpaired) electrons. The highest BCUT2D eigenvalue weighted by Crippen LogP contribution is 2.25. The first-order valence-corrected chi connectivity index (χ1v) is 14.0. The Morgan fingerprint density at radius 3 is 2.53 bits per heavy atom. The lowest BCUT2D eigenvalue weighted by molar-refractivity contribution is -0.133. The number of ether oxygens (including phenoxy) is 2. The Kier molecular flexibility index (Phi) is 9.36. The van der Waals surface area contributed by atoms with Crippen LogP contribution in [0.2, 0.25) is 0 Å². The molecule has 1 unspecified atom stereocenters. The first kappa shape index (κ1) is 28.9. The van der Waals surface area contributed by atoms with Gasteiger partial charge in [0.25, 0.3) is 5.91 Å². The molecule has 2 amide bonds. The average molecular weight is 544 g/mol. The van der Waals surface area contributed by atoms with Crippen LogP contribution < -0.4 is 9.50 Å². The van der Waals surface area contributed by atoms with Crippen molar-refractivity contribution < 1.29 is 31.7 Å². The van der Waals surface area contributed by atoms with Crippen molar-refractivity contribution in [1.29, 1.82) is 5.26 Å². The molecule has 0 aliphatic carbocycles. The van der Waals surface area contributed by atoms with Gasteiger partial charge >= 0.3 is 16.2 Å². The first-order chi connectivity index (χ1) is 17.8. The van der Waals surface area contributed by atoms with E-state index in [4.69, 9.17) is 13.7 Å². The van der Waals surface area contributed by atoms with Crippen LogP contribution in [0.4, 0.5) is 4.79 Å². The number of nitriles is 1. The Hall–Kier alpha value is -3.62. The number of nitrogens with zero attached hydrogens (tertiary/aromatic N) is 2. The normalized spacial score (nSPS) is 17.0. The Morgan fingerprint density at radius 2 is 1.89 bits per heavy atom. The topological polar surface area (TPSA) is 135 Å². The van der Waals surface area contributed by atoms with Crippen LogP contribution in [0, 0.1) is 11.3 Å². The Labute approximate surface area is 223 Å². The van der Waals surface area contributed by atoms with Crippen molar-refractivity contribution in [2.45, 2.75) is 51.4 Å². The summed E-state index contributed by atoms with van der Waals surface area (Å²) in [6.07, 6.45) is 0.399. The molecular formula is C27H33N3O7S. The fraction of sp³-hybridized carbons (Fsp3) is 0.444. The van der Waals surface area contributed by atoms with E-state index < -0.39 is 39.9 Å². The molecule has 38 heavy (non-hydrogen) atoms. The van der Waals surface area contributed by atoms with Gasteiger partial charge in [0.15, 0.2) is 6.10 Å². The van der Waals surface area contributed by atoms with E-state index in [2.05, 4.69) is 11.4 Å². The molecule has 11 heteroatoms. The van der Waals surface area contributed by atoms with Crippen molar-refractivity contribution in [3.05, 3.63) is 54.1 Å². The SMILES string of the molecule is CC(C)(C)OC(=O)N1CCCOC(C(=O)N[C@H](C#N)Cc2ccc(-c3cccc(OS(C)(=O)=O)c3)cc2)C1. The summed E-state index contributed by atoms with van der Waals surface area (Å²) in [6.45, 7) is 6.09. The molecule has 1 aliphatic rings. The fourth-order valence-corrected chi connectivity index (χ4v) is 4.29. The van der Waals surface area contributed by atoms with Gasteiger partial charge in [0.2, 0.25) is 0 Å². The Balaban J connectivity index is 1.62. The van der Waals surface area contributed by atoms with Gasteiger partial charge in [-0.05, 0) is 56.0 Å². The van der Waals surface area contributed by atoms with Crippen LogP contribution in [0.1, 0.15) is 32.8 Å². The van der Waals surface area contributed by atoms with Crippen LogP contribution in [-0.2, 0) is 30.8 Å². The lowest BCUT2D eigenvalue weighted by Gasteiger charge is -2.27. The van der Waals surface area contributed by atoms with Gasteiger partial charge in [-0.3, -0.25) is 4.79 Å². The zero-order valence-corrected chi connectivity index (χ0v) is 22.8. The molecule has 1 saturated heterocycles. The maximum absolute atomic E-state index is 12.9. The number of hydrogen-bond acceptors (Lipinski definition) is 8. The summed E-state index contributed by atoms with van der Waals surface area (Å²) in [7, 11) is -3.63. The zero-order valence-electron chi connectivity index (χ0n) is 22.0. The summed E-state index contributed by atoms with van der Waals surface area (Å²) in [6, 6.07) is 15.4. The number of rotatable bonds is 7. The van der Waals surface area contributed by atoms with Crippen molar-refractivity contribution in [3.63, 3.8) is 0 Å². The van der Waals surface area contributed by atoms with E-state index in [-0.39, 0.29) is 18.7 Å². The van der Waals surface area contributed by atoms with E-state index in [9.17, 15) is 23.3 Å². The van der Waals surface area contributed by atoms with Gasteiger partial charge in [-0.15, -0.1) is 0 Å².